The molecule has 0 radical (unpaired) electrons. The summed E-state index contributed by atoms with van der Waals surface area (Å²) in [7, 11) is 0. The quantitative estimate of drug-likeness (QED) is 0.487. The lowest BCUT2D eigenvalue weighted by Gasteiger charge is -2.19. The van der Waals surface area contributed by atoms with Gasteiger partial charge in [0.15, 0.2) is 0 Å². The molecule has 0 saturated carbocycles. The molecule has 31 heavy (non-hydrogen) atoms. The number of aliphatic hydroxyl groups excluding tert-OH is 1. The predicted octanol–water partition coefficient (Wildman–Crippen LogP) is 2.96. The van der Waals surface area contributed by atoms with Gasteiger partial charge in [-0.05, 0) is 54.5 Å². The van der Waals surface area contributed by atoms with Gasteiger partial charge in [-0.1, -0.05) is 12.1 Å². The summed E-state index contributed by atoms with van der Waals surface area (Å²) >= 11 is 0. The molecule has 0 amide bonds. The molecule has 2 unspecified atom stereocenters. The second-order valence-electron chi connectivity index (χ2n) is 7.98. The van der Waals surface area contributed by atoms with Gasteiger partial charge in [0.05, 0.1) is 24.4 Å². The van der Waals surface area contributed by atoms with Crippen LogP contribution in [0.4, 0.5) is 5.82 Å². The van der Waals surface area contributed by atoms with Crippen molar-refractivity contribution in [2.75, 3.05) is 11.9 Å². The second kappa shape index (κ2) is 9.70. The first-order valence-corrected chi connectivity index (χ1v) is 10.6. The van der Waals surface area contributed by atoms with Gasteiger partial charge in [-0.15, -0.1) is 0 Å². The van der Waals surface area contributed by atoms with Crippen LogP contribution in [0, 0.1) is 0 Å². The van der Waals surface area contributed by atoms with Crippen molar-refractivity contribution < 1.29 is 15.0 Å². The smallest absolute Gasteiger partial charge is 0.304 e. The molecule has 162 valence electrons. The number of fused-ring (bicyclic) bond motifs is 1. The lowest BCUT2D eigenvalue weighted by molar-refractivity contribution is -0.137. The van der Waals surface area contributed by atoms with Crippen LogP contribution in [0.1, 0.15) is 53.7 Å². The summed E-state index contributed by atoms with van der Waals surface area (Å²) in [4.78, 5) is 20.0. The third kappa shape index (κ3) is 5.46. The van der Waals surface area contributed by atoms with Gasteiger partial charge in [0, 0.05) is 37.6 Å². The zero-order chi connectivity index (χ0) is 21.6. The highest BCUT2D eigenvalue weighted by Crippen LogP contribution is 2.25. The van der Waals surface area contributed by atoms with Crippen LogP contribution in [0.15, 0.2) is 49.1 Å². The number of nitrogens with one attached hydrogen (secondary N) is 1. The number of aliphatic hydroxyl groups is 1. The van der Waals surface area contributed by atoms with Crippen molar-refractivity contribution in [3.05, 3.63) is 71.4 Å². The number of hydrogen-bond acceptors (Lipinski definition) is 6. The number of aliphatic carboxylic acids is 1. The summed E-state index contributed by atoms with van der Waals surface area (Å²) in [5.74, 6) is -0.177. The molecular weight excluding hydrogens is 394 g/mol. The minimum Gasteiger partial charge on any atom is -0.481 e. The molecule has 4 rings (SSSR count). The minimum absolute atomic E-state index is 0.0115. The number of pyridine rings is 2. The fraction of sp³-hybridized carbons (Fsp3) is 0.391. The van der Waals surface area contributed by atoms with Crippen molar-refractivity contribution in [3.63, 3.8) is 0 Å². The lowest BCUT2D eigenvalue weighted by Crippen LogP contribution is -2.15. The van der Waals surface area contributed by atoms with Gasteiger partial charge in [-0.2, -0.15) is 5.10 Å². The van der Waals surface area contributed by atoms with Crippen LogP contribution in [0.5, 0.6) is 0 Å². The van der Waals surface area contributed by atoms with Crippen LogP contribution in [0.25, 0.3) is 0 Å². The van der Waals surface area contributed by atoms with E-state index >= 15 is 0 Å². The van der Waals surface area contributed by atoms with E-state index in [9.17, 15) is 15.0 Å². The number of hydrogen-bond donors (Lipinski definition) is 3. The SMILES string of the molecule is O=C(O)CC(Cn1cc(CCC(O)c2ccc3c(n2)NCCC3)cn1)c1cccnc1. The molecule has 1 aliphatic rings. The highest BCUT2D eigenvalue weighted by molar-refractivity contribution is 5.68. The van der Waals surface area contributed by atoms with Gasteiger partial charge in [0.1, 0.15) is 5.82 Å². The fourth-order valence-electron chi connectivity index (χ4n) is 3.96. The Labute approximate surface area is 181 Å². The standard InChI is InChI=1S/C23H27N5O3/c29-21(20-7-6-17-3-2-10-25-23(17)27-20)8-5-16-12-26-28(14-16)15-19(11-22(30)31)18-4-1-9-24-13-18/h1,4,6-7,9,12-14,19,21,29H,2-3,5,8,10-11,15H2,(H,25,27)(H,30,31). The largest absolute Gasteiger partial charge is 0.481 e. The Morgan fingerprint density at radius 3 is 2.97 bits per heavy atom. The summed E-state index contributed by atoms with van der Waals surface area (Å²) in [6.07, 6.45) is 9.75. The van der Waals surface area contributed by atoms with E-state index in [1.54, 1.807) is 23.3 Å². The molecule has 0 aromatic carbocycles. The Bertz CT molecular complexity index is 1020. The molecule has 0 saturated heterocycles. The lowest BCUT2D eigenvalue weighted by atomic mass is 9.97. The number of nitrogens with zero attached hydrogens (tertiary/aromatic N) is 4. The molecule has 0 fully saturated rings. The number of aryl methyl sites for hydroxylation is 2. The zero-order valence-corrected chi connectivity index (χ0v) is 17.3. The van der Waals surface area contributed by atoms with E-state index in [0.717, 1.165) is 36.3 Å². The van der Waals surface area contributed by atoms with E-state index in [2.05, 4.69) is 20.4 Å². The van der Waals surface area contributed by atoms with E-state index in [1.165, 1.54) is 5.56 Å². The van der Waals surface area contributed by atoms with Crippen molar-refractivity contribution >= 4 is 11.8 Å². The maximum Gasteiger partial charge on any atom is 0.304 e. The summed E-state index contributed by atoms with van der Waals surface area (Å²) in [5, 5.41) is 27.6. The van der Waals surface area contributed by atoms with Crippen LogP contribution in [0.3, 0.4) is 0 Å². The van der Waals surface area contributed by atoms with Gasteiger partial charge in [-0.3, -0.25) is 14.5 Å². The average molecular weight is 422 g/mol. The molecule has 0 bridgehead atoms. The summed E-state index contributed by atoms with van der Waals surface area (Å²) in [5.41, 5.74) is 3.76. The molecule has 0 aliphatic carbocycles. The van der Waals surface area contributed by atoms with Gasteiger partial charge >= 0.3 is 5.97 Å². The first kappa shape index (κ1) is 21.0. The first-order chi connectivity index (χ1) is 15.1. The number of carboxylic acids is 1. The van der Waals surface area contributed by atoms with Gasteiger partial charge in [0.2, 0.25) is 0 Å². The average Bonchev–Trinajstić information content (AvgIpc) is 3.24. The second-order valence-corrected chi connectivity index (χ2v) is 7.98. The highest BCUT2D eigenvalue weighted by Gasteiger charge is 2.18. The first-order valence-electron chi connectivity index (χ1n) is 10.6. The summed E-state index contributed by atoms with van der Waals surface area (Å²) in [6, 6.07) is 7.66. The molecule has 3 aromatic rings. The third-order valence-corrected chi connectivity index (χ3v) is 5.63. The van der Waals surface area contributed by atoms with Crippen LogP contribution in [-0.4, -0.2) is 42.5 Å². The topological polar surface area (TPSA) is 113 Å². The van der Waals surface area contributed by atoms with Crippen molar-refractivity contribution in [2.45, 2.75) is 50.7 Å². The fourth-order valence-corrected chi connectivity index (χ4v) is 3.96. The Morgan fingerprint density at radius 1 is 1.26 bits per heavy atom. The van der Waals surface area contributed by atoms with Gasteiger partial charge < -0.3 is 15.5 Å². The maximum atomic E-state index is 11.3. The number of anilines is 1. The number of aromatic nitrogens is 4. The Kier molecular flexibility index (Phi) is 6.57. The van der Waals surface area contributed by atoms with Crippen molar-refractivity contribution in [3.8, 4) is 0 Å². The summed E-state index contributed by atoms with van der Waals surface area (Å²) in [6.45, 7) is 1.37. The van der Waals surface area contributed by atoms with E-state index in [1.807, 2.05) is 30.5 Å². The normalized spacial score (nSPS) is 15.0. The van der Waals surface area contributed by atoms with Crippen molar-refractivity contribution in [1.29, 1.82) is 0 Å². The van der Waals surface area contributed by atoms with Crippen LogP contribution < -0.4 is 5.32 Å². The van der Waals surface area contributed by atoms with Crippen LogP contribution in [0.2, 0.25) is 0 Å². The van der Waals surface area contributed by atoms with E-state index in [0.29, 0.717) is 25.1 Å². The van der Waals surface area contributed by atoms with Gasteiger partial charge in [-0.25, -0.2) is 4.98 Å². The molecule has 3 aromatic heterocycles. The molecule has 1 aliphatic heterocycles. The Morgan fingerprint density at radius 2 is 2.16 bits per heavy atom. The molecule has 8 nitrogen and oxygen atoms in total. The molecule has 3 N–H and O–H groups in total. The number of carboxylic acid groups (broad SMARTS) is 1. The van der Waals surface area contributed by atoms with Crippen molar-refractivity contribution in [1.82, 2.24) is 19.7 Å². The van der Waals surface area contributed by atoms with Crippen LogP contribution in [-0.2, 0) is 24.2 Å². The van der Waals surface area contributed by atoms with Gasteiger partial charge in [0.25, 0.3) is 0 Å². The van der Waals surface area contributed by atoms with Crippen LogP contribution >= 0.6 is 0 Å². The predicted molar refractivity (Wildman–Crippen MR) is 116 cm³/mol. The molecule has 0 spiro atoms. The third-order valence-electron chi connectivity index (χ3n) is 5.63. The highest BCUT2D eigenvalue weighted by atomic mass is 16.4. The number of carbonyl (C=O) groups is 1. The zero-order valence-electron chi connectivity index (χ0n) is 17.3. The van der Waals surface area contributed by atoms with E-state index in [-0.39, 0.29) is 12.3 Å². The molecule has 8 heteroatoms. The number of rotatable bonds is 9. The molecular formula is C23H27N5O3. The minimum atomic E-state index is -0.851. The Balaban J connectivity index is 1.36. The maximum absolute atomic E-state index is 11.3. The summed E-state index contributed by atoms with van der Waals surface area (Å²) < 4.78 is 1.77. The Hall–Kier alpha value is -3.26. The van der Waals surface area contributed by atoms with E-state index < -0.39 is 12.1 Å². The van der Waals surface area contributed by atoms with Crippen molar-refractivity contribution in [2.24, 2.45) is 0 Å². The molecule has 2 atom stereocenters. The van der Waals surface area contributed by atoms with E-state index in [4.69, 9.17) is 0 Å². The monoisotopic (exact) mass is 421 g/mol. The molecule has 4 heterocycles.